The van der Waals surface area contributed by atoms with Gasteiger partial charge in [-0.05, 0) is 74.5 Å². The van der Waals surface area contributed by atoms with E-state index >= 15 is 0 Å². The summed E-state index contributed by atoms with van der Waals surface area (Å²) < 4.78 is 1.94. The van der Waals surface area contributed by atoms with Crippen LogP contribution in [0.3, 0.4) is 0 Å². The van der Waals surface area contributed by atoms with Crippen molar-refractivity contribution in [3.8, 4) is 0 Å². The van der Waals surface area contributed by atoms with Crippen molar-refractivity contribution in [2.45, 2.75) is 44.9 Å². The summed E-state index contributed by atoms with van der Waals surface area (Å²) in [4.78, 5) is 4.46. The van der Waals surface area contributed by atoms with Gasteiger partial charge in [0.2, 0.25) is 0 Å². The predicted molar refractivity (Wildman–Crippen MR) is 76.5 cm³/mol. The first-order chi connectivity index (χ1) is 9.20. The maximum atomic E-state index is 6.06. The number of nitrogens with zero attached hydrogens (tertiary/aromatic N) is 2. The van der Waals surface area contributed by atoms with Crippen LogP contribution in [0.2, 0.25) is 0 Å². The predicted octanol–water partition coefficient (Wildman–Crippen LogP) is 3.01. The summed E-state index contributed by atoms with van der Waals surface area (Å²) >= 11 is 0. The van der Waals surface area contributed by atoms with E-state index in [9.17, 15) is 0 Å². The van der Waals surface area contributed by atoms with Crippen molar-refractivity contribution < 1.29 is 0 Å². The number of anilines is 1. The van der Waals surface area contributed by atoms with E-state index in [0.29, 0.717) is 0 Å². The van der Waals surface area contributed by atoms with Gasteiger partial charge in [0.15, 0.2) is 0 Å². The number of rotatable bonds is 3. The molecule has 0 radical (unpaired) electrons. The molecule has 4 aliphatic rings. The van der Waals surface area contributed by atoms with Crippen molar-refractivity contribution >= 4 is 5.82 Å². The van der Waals surface area contributed by atoms with Crippen molar-refractivity contribution in [2.24, 2.45) is 36.6 Å². The second-order valence-electron chi connectivity index (χ2n) is 7.32. The lowest BCUT2D eigenvalue weighted by atomic mass is 9.51. The first kappa shape index (κ1) is 11.8. The standard InChI is InChI=1S/C16H25N3/c1-19-9-18-15(16(19)17)3-2-14-12-5-10-4-11(7-12)8-13(14)6-10/h9-14H,2-8,17H2,1H3. The van der Waals surface area contributed by atoms with E-state index in [4.69, 9.17) is 5.73 Å². The summed E-state index contributed by atoms with van der Waals surface area (Å²) in [6, 6.07) is 0. The van der Waals surface area contributed by atoms with Gasteiger partial charge in [-0.15, -0.1) is 0 Å². The van der Waals surface area contributed by atoms with Crippen LogP contribution >= 0.6 is 0 Å². The van der Waals surface area contributed by atoms with Crippen LogP contribution in [0.25, 0.3) is 0 Å². The van der Waals surface area contributed by atoms with Gasteiger partial charge in [-0.25, -0.2) is 4.98 Å². The van der Waals surface area contributed by atoms with Gasteiger partial charge in [-0.3, -0.25) is 0 Å². The average Bonchev–Trinajstić information content (AvgIpc) is 2.69. The molecule has 0 unspecified atom stereocenters. The fourth-order valence-corrected chi connectivity index (χ4v) is 5.49. The van der Waals surface area contributed by atoms with Crippen molar-refractivity contribution in [3.05, 3.63) is 12.0 Å². The van der Waals surface area contributed by atoms with Crippen LogP contribution in [-0.2, 0) is 13.5 Å². The zero-order valence-corrected chi connectivity index (χ0v) is 11.9. The Balaban J connectivity index is 1.45. The Labute approximate surface area is 115 Å². The summed E-state index contributed by atoms with van der Waals surface area (Å²) in [7, 11) is 1.98. The maximum Gasteiger partial charge on any atom is 0.126 e. The minimum absolute atomic E-state index is 0.865. The van der Waals surface area contributed by atoms with Gasteiger partial charge in [0, 0.05) is 7.05 Å². The van der Waals surface area contributed by atoms with Crippen LogP contribution in [0.5, 0.6) is 0 Å². The molecule has 4 aliphatic carbocycles. The number of aryl methyl sites for hydroxylation is 2. The number of hydrogen-bond donors (Lipinski definition) is 1. The summed E-state index contributed by atoms with van der Waals surface area (Å²) in [5, 5.41) is 0. The third-order valence-corrected chi connectivity index (χ3v) is 6.20. The Morgan fingerprint density at radius 3 is 2.32 bits per heavy atom. The topological polar surface area (TPSA) is 43.8 Å². The number of imidazole rings is 1. The maximum absolute atomic E-state index is 6.06. The Morgan fingerprint density at radius 2 is 1.79 bits per heavy atom. The molecule has 5 rings (SSSR count). The molecule has 0 amide bonds. The average molecular weight is 259 g/mol. The number of nitrogen functional groups attached to an aromatic ring is 1. The fourth-order valence-electron chi connectivity index (χ4n) is 5.49. The molecular formula is C16H25N3. The second-order valence-corrected chi connectivity index (χ2v) is 7.32. The third-order valence-electron chi connectivity index (χ3n) is 6.20. The van der Waals surface area contributed by atoms with E-state index in [1.165, 1.54) is 32.1 Å². The fraction of sp³-hybridized carbons (Fsp3) is 0.812. The minimum Gasteiger partial charge on any atom is -0.384 e. The lowest BCUT2D eigenvalue weighted by molar-refractivity contribution is -0.0394. The molecule has 104 valence electrons. The van der Waals surface area contributed by atoms with Crippen LogP contribution < -0.4 is 5.73 Å². The van der Waals surface area contributed by atoms with Gasteiger partial charge in [0.1, 0.15) is 5.82 Å². The Kier molecular flexibility index (Phi) is 2.64. The van der Waals surface area contributed by atoms with E-state index in [2.05, 4.69) is 4.98 Å². The van der Waals surface area contributed by atoms with E-state index in [-0.39, 0.29) is 0 Å². The van der Waals surface area contributed by atoms with Crippen LogP contribution in [0.4, 0.5) is 5.82 Å². The molecular weight excluding hydrogens is 234 g/mol. The summed E-state index contributed by atoms with van der Waals surface area (Å²) in [5.41, 5.74) is 7.19. The van der Waals surface area contributed by atoms with Crippen molar-refractivity contribution in [1.82, 2.24) is 9.55 Å². The molecule has 3 nitrogen and oxygen atoms in total. The number of hydrogen-bond acceptors (Lipinski definition) is 2. The molecule has 0 aromatic carbocycles. The Bertz CT molecular complexity index is 448. The SMILES string of the molecule is Cn1cnc(CCC2C3CC4CC(C3)CC2C4)c1N. The van der Waals surface area contributed by atoms with Gasteiger partial charge in [-0.1, -0.05) is 0 Å². The lowest BCUT2D eigenvalue weighted by Crippen LogP contribution is -2.45. The largest absolute Gasteiger partial charge is 0.384 e. The summed E-state index contributed by atoms with van der Waals surface area (Å²) in [6.45, 7) is 0. The second kappa shape index (κ2) is 4.26. The van der Waals surface area contributed by atoms with Gasteiger partial charge in [0.25, 0.3) is 0 Å². The highest BCUT2D eigenvalue weighted by molar-refractivity contribution is 5.35. The Morgan fingerprint density at radius 1 is 1.16 bits per heavy atom. The molecule has 1 aromatic heterocycles. The zero-order chi connectivity index (χ0) is 13.0. The van der Waals surface area contributed by atoms with Crippen LogP contribution in [-0.4, -0.2) is 9.55 Å². The highest BCUT2D eigenvalue weighted by Crippen LogP contribution is 2.57. The summed E-state index contributed by atoms with van der Waals surface area (Å²) in [5.74, 6) is 6.05. The quantitative estimate of drug-likeness (QED) is 0.907. The summed E-state index contributed by atoms with van der Waals surface area (Å²) in [6.07, 6.45) is 11.9. The van der Waals surface area contributed by atoms with Gasteiger partial charge >= 0.3 is 0 Å². The minimum atomic E-state index is 0.865. The molecule has 4 bridgehead atoms. The molecule has 3 heteroatoms. The molecule has 1 aromatic rings. The molecule has 0 atom stereocenters. The molecule has 0 saturated heterocycles. The van der Waals surface area contributed by atoms with Gasteiger partial charge in [-0.2, -0.15) is 0 Å². The first-order valence-corrected chi connectivity index (χ1v) is 7.96. The first-order valence-electron chi connectivity index (χ1n) is 7.96. The van der Waals surface area contributed by atoms with Crippen LogP contribution in [0.15, 0.2) is 6.33 Å². The molecule has 4 saturated carbocycles. The van der Waals surface area contributed by atoms with Gasteiger partial charge in [0.05, 0.1) is 12.0 Å². The molecule has 4 fully saturated rings. The highest BCUT2D eigenvalue weighted by Gasteiger charge is 2.47. The third kappa shape index (κ3) is 1.89. The van der Waals surface area contributed by atoms with E-state index in [1.807, 2.05) is 17.9 Å². The zero-order valence-electron chi connectivity index (χ0n) is 11.9. The van der Waals surface area contributed by atoms with Gasteiger partial charge < -0.3 is 10.3 Å². The molecule has 0 aliphatic heterocycles. The lowest BCUT2D eigenvalue weighted by Gasteiger charge is -2.54. The van der Waals surface area contributed by atoms with E-state index in [1.54, 1.807) is 6.42 Å². The van der Waals surface area contributed by atoms with Crippen molar-refractivity contribution in [3.63, 3.8) is 0 Å². The molecule has 19 heavy (non-hydrogen) atoms. The van der Waals surface area contributed by atoms with Crippen molar-refractivity contribution in [2.75, 3.05) is 5.73 Å². The molecule has 1 heterocycles. The highest BCUT2D eigenvalue weighted by atomic mass is 15.1. The number of aromatic nitrogens is 2. The molecule has 2 N–H and O–H groups in total. The monoisotopic (exact) mass is 259 g/mol. The van der Waals surface area contributed by atoms with Crippen LogP contribution in [0.1, 0.15) is 44.2 Å². The van der Waals surface area contributed by atoms with Crippen LogP contribution in [0, 0.1) is 29.6 Å². The van der Waals surface area contributed by atoms with E-state index < -0.39 is 0 Å². The smallest absolute Gasteiger partial charge is 0.126 e. The molecule has 0 spiro atoms. The number of nitrogens with two attached hydrogens (primary N) is 1. The van der Waals surface area contributed by atoms with E-state index in [0.717, 1.165) is 47.5 Å². The normalized spacial score (nSPS) is 39.9. The Hall–Kier alpha value is -0.990. The van der Waals surface area contributed by atoms with Crippen molar-refractivity contribution in [1.29, 1.82) is 0 Å².